The Morgan fingerprint density at radius 2 is 1.52 bits per heavy atom. The highest BCUT2D eigenvalue weighted by molar-refractivity contribution is 7.86. The molecule has 0 atom stereocenters. The van der Waals surface area contributed by atoms with Gasteiger partial charge in [0.15, 0.2) is 11.5 Å². The largest absolute Gasteiger partial charge is 0.486 e. The molecule has 6 nitrogen and oxygen atoms in total. The molecule has 0 saturated heterocycles. The van der Waals surface area contributed by atoms with E-state index in [0.29, 0.717) is 56.2 Å². The molecule has 0 unspecified atom stereocenters. The third-order valence-corrected chi connectivity index (χ3v) is 6.58. The number of benzene rings is 1. The van der Waals surface area contributed by atoms with Gasteiger partial charge < -0.3 is 9.47 Å². The van der Waals surface area contributed by atoms with E-state index in [9.17, 15) is 8.42 Å². The van der Waals surface area contributed by atoms with Crippen molar-refractivity contribution >= 4 is 10.2 Å². The molecule has 1 aliphatic heterocycles. The minimum absolute atomic E-state index is 0.304. The lowest BCUT2D eigenvalue weighted by molar-refractivity contribution is 0.171. The van der Waals surface area contributed by atoms with Gasteiger partial charge in [-0.25, -0.2) is 0 Å². The van der Waals surface area contributed by atoms with Crippen molar-refractivity contribution in [2.24, 2.45) is 11.8 Å². The topological polar surface area (TPSA) is 59.1 Å². The van der Waals surface area contributed by atoms with Crippen LogP contribution in [0.1, 0.15) is 46.1 Å². The van der Waals surface area contributed by atoms with Crippen LogP contribution in [0.5, 0.6) is 11.5 Å². The van der Waals surface area contributed by atoms with Gasteiger partial charge >= 0.3 is 0 Å². The molecule has 0 radical (unpaired) electrons. The Morgan fingerprint density at radius 3 is 2.07 bits per heavy atom. The molecule has 0 spiro atoms. The van der Waals surface area contributed by atoms with Crippen LogP contribution in [0.4, 0.5) is 0 Å². The molecule has 2 rings (SSSR count). The van der Waals surface area contributed by atoms with Crippen LogP contribution in [0.25, 0.3) is 0 Å². The number of hydrogen-bond acceptors (Lipinski definition) is 4. The lowest BCUT2D eigenvalue weighted by Crippen LogP contribution is -2.43. The highest BCUT2D eigenvalue weighted by Crippen LogP contribution is 2.31. The van der Waals surface area contributed by atoms with Gasteiger partial charge in [0.05, 0.1) is 0 Å². The average molecular weight is 399 g/mol. The molecular formula is C20H34N2O4S. The minimum atomic E-state index is -3.52. The van der Waals surface area contributed by atoms with Crippen molar-refractivity contribution in [1.29, 1.82) is 0 Å². The van der Waals surface area contributed by atoms with E-state index in [2.05, 4.69) is 27.7 Å². The second-order valence-corrected chi connectivity index (χ2v) is 10.0. The molecule has 1 aromatic carbocycles. The van der Waals surface area contributed by atoms with Gasteiger partial charge in [-0.05, 0) is 42.4 Å². The smallest absolute Gasteiger partial charge is 0.282 e. The van der Waals surface area contributed by atoms with E-state index in [1.165, 1.54) is 4.31 Å². The fourth-order valence-electron chi connectivity index (χ4n) is 2.87. The third kappa shape index (κ3) is 6.36. The van der Waals surface area contributed by atoms with Crippen LogP contribution >= 0.6 is 0 Å². The molecule has 154 valence electrons. The van der Waals surface area contributed by atoms with Crippen molar-refractivity contribution in [2.75, 3.05) is 33.4 Å². The third-order valence-electron chi connectivity index (χ3n) is 4.64. The predicted octanol–water partition coefficient (Wildman–Crippen LogP) is 3.53. The first kappa shape index (κ1) is 22.0. The van der Waals surface area contributed by atoms with Gasteiger partial charge in [-0.3, -0.25) is 0 Å². The second kappa shape index (κ2) is 9.75. The molecule has 0 N–H and O–H groups in total. The monoisotopic (exact) mass is 398 g/mol. The SMILES string of the molecule is CC(C)CCN(CCC(C)C)S(=O)(=O)N(C)Cc1ccc2c(c1)OCCO2. The number of nitrogens with zero attached hydrogens (tertiary/aromatic N) is 2. The minimum Gasteiger partial charge on any atom is -0.486 e. The number of ether oxygens (including phenoxy) is 2. The Labute approximate surface area is 164 Å². The summed E-state index contributed by atoms with van der Waals surface area (Å²) in [6.45, 7) is 10.9. The summed E-state index contributed by atoms with van der Waals surface area (Å²) in [6, 6.07) is 5.61. The van der Waals surface area contributed by atoms with Crippen LogP contribution in [0.2, 0.25) is 0 Å². The van der Waals surface area contributed by atoms with Crippen molar-refractivity contribution in [3.8, 4) is 11.5 Å². The van der Waals surface area contributed by atoms with Crippen molar-refractivity contribution in [1.82, 2.24) is 8.61 Å². The van der Waals surface area contributed by atoms with Crippen molar-refractivity contribution in [3.63, 3.8) is 0 Å². The quantitative estimate of drug-likeness (QED) is 0.605. The first-order chi connectivity index (χ1) is 12.7. The van der Waals surface area contributed by atoms with Crippen molar-refractivity contribution in [2.45, 2.75) is 47.1 Å². The summed E-state index contributed by atoms with van der Waals surface area (Å²) < 4.78 is 40.5. The molecule has 1 aromatic rings. The Balaban J connectivity index is 2.10. The highest BCUT2D eigenvalue weighted by atomic mass is 32.2. The lowest BCUT2D eigenvalue weighted by atomic mass is 10.1. The van der Waals surface area contributed by atoms with Crippen molar-refractivity contribution < 1.29 is 17.9 Å². The van der Waals surface area contributed by atoms with Crippen LogP contribution in [-0.4, -0.2) is 50.4 Å². The van der Waals surface area contributed by atoms with E-state index in [4.69, 9.17) is 9.47 Å². The Bertz CT molecular complexity index is 692. The molecule has 0 saturated carbocycles. The molecule has 27 heavy (non-hydrogen) atoms. The Morgan fingerprint density at radius 1 is 0.963 bits per heavy atom. The number of hydrogen-bond donors (Lipinski definition) is 0. The van der Waals surface area contributed by atoms with Gasteiger partial charge in [-0.1, -0.05) is 33.8 Å². The Hall–Kier alpha value is -1.31. The first-order valence-electron chi connectivity index (χ1n) is 9.80. The molecule has 7 heteroatoms. The van der Waals surface area contributed by atoms with E-state index < -0.39 is 10.2 Å². The van der Waals surface area contributed by atoms with Gasteiger partial charge in [0, 0.05) is 26.7 Å². The van der Waals surface area contributed by atoms with E-state index in [1.54, 1.807) is 11.4 Å². The summed E-state index contributed by atoms with van der Waals surface area (Å²) in [4.78, 5) is 0. The predicted molar refractivity (Wildman–Crippen MR) is 108 cm³/mol. The molecule has 0 aliphatic carbocycles. The van der Waals surface area contributed by atoms with E-state index >= 15 is 0 Å². The first-order valence-corrected chi connectivity index (χ1v) is 11.2. The second-order valence-electron chi connectivity index (χ2n) is 8.01. The molecule has 0 aromatic heterocycles. The fraction of sp³-hybridized carbons (Fsp3) is 0.700. The van der Waals surface area contributed by atoms with Gasteiger partial charge in [-0.15, -0.1) is 0 Å². The van der Waals surface area contributed by atoms with Crippen LogP contribution < -0.4 is 9.47 Å². The molecule has 1 aliphatic rings. The summed E-state index contributed by atoms with van der Waals surface area (Å²) in [5.74, 6) is 2.32. The van der Waals surface area contributed by atoms with Gasteiger partial charge in [0.2, 0.25) is 0 Å². The molecule has 0 fully saturated rings. The maximum Gasteiger partial charge on any atom is 0.282 e. The maximum atomic E-state index is 13.1. The molecule has 1 heterocycles. The lowest BCUT2D eigenvalue weighted by Gasteiger charge is -2.29. The van der Waals surface area contributed by atoms with Gasteiger partial charge in [0.25, 0.3) is 10.2 Å². The number of rotatable bonds is 10. The molecule has 0 amide bonds. The zero-order chi connectivity index (χ0) is 20.0. The standard InChI is InChI=1S/C20H34N2O4S/c1-16(2)8-10-22(11-9-17(3)4)27(23,24)21(5)15-18-6-7-19-20(14-18)26-13-12-25-19/h6-7,14,16-17H,8-13,15H2,1-5H3. The zero-order valence-corrected chi connectivity index (χ0v) is 18.1. The van der Waals surface area contributed by atoms with E-state index in [0.717, 1.165) is 18.4 Å². The van der Waals surface area contributed by atoms with E-state index in [1.807, 2.05) is 18.2 Å². The zero-order valence-electron chi connectivity index (χ0n) is 17.3. The average Bonchev–Trinajstić information content (AvgIpc) is 2.60. The normalized spacial score (nSPS) is 14.6. The highest BCUT2D eigenvalue weighted by Gasteiger charge is 2.27. The summed E-state index contributed by atoms with van der Waals surface area (Å²) in [5.41, 5.74) is 0.887. The van der Waals surface area contributed by atoms with Crippen molar-refractivity contribution in [3.05, 3.63) is 23.8 Å². The maximum absolute atomic E-state index is 13.1. The fourth-order valence-corrected chi connectivity index (χ4v) is 4.25. The van der Waals surface area contributed by atoms with Crippen LogP contribution in [-0.2, 0) is 16.8 Å². The summed E-state index contributed by atoms with van der Waals surface area (Å²) in [7, 11) is -1.87. The molecule has 0 bridgehead atoms. The Kier molecular flexibility index (Phi) is 7.94. The summed E-state index contributed by atoms with van der Waals surface area (Å²) in [5, 5.41) is 0. The van der Waals surface area contributed by atoms with Crippen LogP contribution in [0.3, 0.4) is 0 Å². The van der Waals surface area contributed by atoms with Gasteiger partial charge in [-0.2, -0.15) is 17.0 Å². The number of fused-ring (bicyclic) bond motifs is 1. The van der Waals surface area contributed by atoms with E-state index in [-0.39, 0.29) is 0 Å². The molecular weight excluding hydrogens is 364 g/mol. The van der Waals surface area contributed by atoms with Crippen LogP contribution in [0, 0.1) is 11.8 Å². The van der Waals surface area contributed by atoms with Crippen LogP contribution in [0.15, 0.2) is 18.2 Å². The summed E-state index contributed by atoms with van der Waals surface area (Å²) in [6.07, 6.45) is 1.71. The van der Waals surface area contributed by atoms with Gasteiger partial charge in [0.1, 0.15) is 13.2 Å². The summed E-state index contributed by atoms with van der Waals surface area (Å²) >= 11 is 0.